The van der Waals surface area contributed by atoms with E-state index >= 15 is 0 Å². The maximum absolute atomic E-state index is 5.97. The lowest BCUT2D eigenvalue weighted by Gasteiger charge is -2.33. The van der Waals surface area contributed by atoms with E-state index in [0.717, 1.165) is 31.7 Å². The summed E-state index contributed by atoms with van der Waals surface area (Å²) in [5, 5.41) is 0. The van der Waals surface area contributed by atoms with Gasteiger partial charge in [-0.3, -0.25) is 4.90 Å². The fourth-order valence-electron chi connectivity index (χ4n) is 2.87. The minimum absolute atomic E-state index is 0.417. The van der Waals surface area contributed by atoms with E-state index < -0.39 is 0 Å². The Bertz CT molecular complexity index is 386. The molecule has 0 radical (unpaired) electrons. The molecular weight excluding hydrogens is 236 g/mol. The fraction of sp³-hybridized carbons (Fsp3) is 0.625. The highest BCUT2D eigenvalue weighted by atomic mass is 16.5. The quantitative estimate of drug-likeness (QED) is 0.887. The number of nitrogens with two attached hydrogens (primary N) is 1. The van der Waals surface area contributed by atoms with E-state index in [9.17, 15) is 0 Å². The average Bonchev–Trinajstić information content (AvgIpc) is 2.42. The normalized spacial score (nSPS) is 23.6. The summed E-state index contributed by atoms with van der Waals surface area (Å²) in [5.41, 5.74) is 7.25. The molecule has 1 aromatic rings. The zero-order valence-electron chi connectivity index (χ0n) is 12.1. The first-order chi connectivity index (χ1) is 9.20. The first kappa shape index (κ1) is 14.4. The Morgan fingerprint density at radius 2 is 1.89 bits per heavy atom. The summed E-state index contributed by atoms with van der Waals surface area (Å²) in [6.45, 7) is 3.71. The standard InChI is InChI=1S/C16H26N2O/c1-3-19-16-7-5-4-6-13(16)12-18(2)15-10-8-14(17)9-11-15/h4-7,14-15H,3,8-12,17H2,1-2H3. The first-order valence-corrected chi connectivity index (χ1v) is 7.37. The lowest BCUT2D eigenvalue weighted by molar-refractivity contribution is 0.174. The zero-order chi connectivity index (χ0) is 13.7. The molecule has 0 saturated heterocycles. The smallest absolute Gasteiger partial charge is 0.123 e. The van der Waals surface area contributed by atoms with E-state index in [1.54, 1.807) is 0 Å². The molecule has 0 aliphatic heterocycles. The predicted molar refractivity (Wildman–Crippen MR) is 79.3 cm³/mol. The molecule has 1 aliphatic carbocycles. The third kappa shape index (κ3) is 3.95. The monoisotopic (exact) mass is 262 g/mol. The van der Waals surface area contributed by atoms with Gasteiger partial charge in [-0.2, -0.15) is 0 Å². The van der Waals surface area contributed by atoms with Gasteiger partial charge in [-0.25, -0.2) is 0 Å². The number of para-hydroxylation sites is 1. The van der Waals surface area contributed by atoms with E-state index in [2.05, 4.69) is 30.1 Å². The van der Waals surface area contributed by atoms with Crippen molar-refractivity contribution in [3.05, 3.63) is 29.8 Å². The molecule has 2 rings (SSSR count). The molecule has 3 heteroatoms. The van der Waals surface area contributed by atoms with Crippen molar-refractivity contribution in [1.82, 2.24) is 4.90 Å². The first-order valence-electron chi connectivity index (χ1n) is 7.37. The summed E-state index contributed by atoms with van der Waals surface area (Å²) in [4.78, 5) is 2.45. The largest absolute Gasteiger partial charge is 0.494 e. The zero-order valence-corrected chi connectivity index (χ0v) is 12.1. The van der Waals surface area contributed by atoms with E-state index in [-0.39, 0.29) is 0 Å². The fourth-order valence-corrected chi connectivity index (χ4v) is 2.87. The van der Waals surface area contributed by atoms with Crippen LogP contribution < -0.4 is 10.5 Å². The van der Waals surface area contributed by atoms with Crippen molar-refractivity contribution in [3.63, 3.8) is 0 Å². The number of rotatable bonds is 5. The molecule has 0 heterocycles. The Hall–Kier alpha value is -1.06. The van der Waals surface area contributed by atoms with Gasteiger partial charge >= 0.3 is 0 Å². The molecule has 1 saturated carbocycles. The van der Waals surface area contributed by atoms with Gasteiger partial charge in [-0.05, 0) is 45.7 Å². The maximum atomic E-state index is 5.97. The van der Waals surface area contributed by atoms with Gasteiger partial charge < -0.3 is 10.5 Å². The predicted octanol–water partition coefficient (Wildman–Crippen LogP) is 2.79. The molecule has 0 spiro atoms. The molecular formula is C16H26N2O. The molecule has 1 fully saturated rings. The number of benzene rings is 1. The van der Waals surface area contributed by atoms with E-state index in [0.29, 0.717) is 12.1 Å². The van der Waals surface area contributed by atoms with Gasteiger partial charge in [0, 0.05) is 24.2 Å². The van der Waals surface area contributed by atoms with Gasteiger partial charge in [0.25, 0.3) is 0 Å². The highest BCUT2D eigenvalue weighted by Gasteiger charge is 2.22. The van der Waals surface area contributed by atoms with Crippen molar-refractivity contribution >= 4 is 0 Å². The SMILES string of the molecule is CCOc1ccccc1CN(C)C1CCC(N)CC1. The van der Waals surface area contributed by atoms with Crippen molar-refractivity contribution in [2.75, 3.05) is 13.7 Å². The number of ether oxygens (including phenoxy) is 1. The van der Waals surface area contributed by atoms with Crippen LogP contribution in [0.2, 0.25) is 0 Å². The molecule has 0 atom stereocenters. The summed E-state index contributed by atoms with van der Waals surface area (Å²) >= 11 is 0. The summed E-state index contributed by atoms with van der Waals surface area (Å²) in [6.07, 6.45) is 4.74. The Labute approximate surface area is 116 Å². The molecule has 1 aromatic carbocycles. The molecule has 106 valence electrons. The van der Waals surface area contributed by atoms with Gasteiger partial charge in [-0.1, -0.05) is 18.2 Å². The van der Waals surface area contributed by atoms with Gasteiger partial charge in [0.1, 0.15) is 5.75 Å². The molecule has 3 nitrogen and oxygen atoms in total. The number of hydrogen-bond donors (Lipinski definition) is 1. The molecule has 0 bridgehead atoms. The van der Waals surface area contributed by atoms with Crippen molar-refractivity contribution < 1.29 is 4.74 Å². The Balaban J connectivity index is 1.96. The summed E-state index contributed by atoms with van der Waals surface area (Å²) in [7, 11) is 2.21. The Morgan fingerprint density at radius 3 is 2.58 bits per heavy atom. The number of nitrogens with zero attached hydrogens (tertiary/aromatic N) is 1. The van der Waals surface area contributed by atoms with E-state index in [1.165, 1.54) is 18.4 Å². The highest BCUT2D eigenvalue weighted by Crippen LogP contribution is 2.25. The third-order valence-electron chi connectivity index (χ3n) is 4.06. The van der Waals surface area contributed by atoms with Crippen LogP contribution in [0.25, 0.3) is 0 Å². The van der Waals surface area contributed by atoms with Crippen LogP contribution >= 0.6 is 0 Å². The second kappa shape index (κ2) is 6.92. The van der Waals surface area contributed by atoms with Crippen molar-refractivity contribution in [3.8, 4) is 5.75 Å². The molecule has 0 aromatic heterocycles. The lowest BCUT2D eigenvalue weighted by Crippen LogP contribution is -2.38. The number of hydrogen-bond acceptors (Lipinski definition) is 3. The van der Waals surface area contributed by atoms with E-state index in [4.69, 9.17) is 10.5 Å². The lowest BCUT2D eigenvalue weighted by atomic mass is 9.91. The minimum Gasteiger partial charge on any atom is -0.494 e. The maximum Gasteiger partial charge on any atom is 0.123 e. The molecule has 0 amide bonds. The Morgan fingerprint density at radius 1 is 1.21 bits per heavy atom. The van der Waals surface area contributed by atoms with Crippen LogP contribution in [0.15, 0.2) is 24.3 Å². The van der Waals surface area contributed by atoms with Crippen molar-refractivity contribution in [2.24, 2.45) is 5.73 Å². The van der Waals surface area contributed by atoms with Crippen LogP contribution in [0.3, 0.4) is 0 Å². The van der Waals surface area contributed by atoms with Gasteiger partial charge in [0.15, 0.2) is 0 Å². The second-order valence-electron chi connectivity index (χ2n) is 5.52. The average molecular weight is 262 g/mol. The highest BCUT2D eigenvalue weighted by molar-refractivity contribution is 5.33. The van der Waals surface area contributed by atoms with Gasteiger partial charge in [-0.15, -0.1) is 0 Å². The molecule has 2 N–H and O–H groups in total. The van der Waals surface area contributed by atoms with Crippen LogP contribution in [0, 0.1) is 0 Å². The Kier molecular flexibility index (Phi) is 5.23. The molecule has 0 unspecified atom stereocenters. The summed E-state index contributed by atoms with van der Waals surface area (Å²) in [6, 6.07) is 9.42. The summed E-state index contributed by atoms with van der Waals surface area (Å²) < 4.78 is 5.70. The second-order valence-corrected chi connectivity index (χ2v) is 5.52. The van der Waals surface area contributed by atoms with Crippen LogP contribution in [-0.4, -0.2) is 30.6 Å². The van der Waals surface area contributed by atoms with Crippen molar-refractivity contribution in [1.29, 1.82) is 0 Å². The third-order valence-corrected chi connectivity index (χ3v) is 4.06. The molecule has 19 heavy (non-hydrogen) atoms. The van der Waals surface area contributed by atoms with Gasteiger partial charge in [0.2, 0.25) is 0 Å². The van der Waals surface area contributed by atoms with Crippen LogP contribution in [0.1, 0.15) is 38.2 Å². The summed E-state index contributed by atoms with van der Waals surface area (Å²) in [5.74, 6) is 1.02. The molecule has 1 aliphatic rings. The van der Waals surface area contributed by atoms with Crippen molar-refractivity contribution in [2.45, 2.75) is 51.2 Å². The van der Waals surface area contributed by atoms with Crippen LogP contribution in [0.5, 0.6) is 5.75 Å². The van der Waals surface area contributed by atoms with Crippen LogP contribution in [0.4, 0.5) is 0 Å². The van der Waals surface area contributed by atoms with Gasteiger partial charge in [0.05, 0.1) is 6.61 Å². The minimum atomic E-state index is 0.417. The van der Waals surface area contributed by atoms with E-state index in [1.807, 2.05) is 13.0 Å². The topological polar surface area (TPSA) is 38.5 Å². The van der Waals surface area contributed by atoms with Crippen LogP contribution in [-0.2, 0) is 6.54 Å².